The second-order valence-corrected chi connectivity index (χ2v) is 4.62. The molecule has 2 aliphatic rings. The first-order chi connectivity index (χ1) is 8.28. The van der Waals surface area contributed by atoms with Crippen molar-refractivity contribution in [3.63, 3.8) is 0 Å². The van der Waals surface area contributed by atoms with E-state index in [1.165, 1.54) is 12.1 Å². The molecule has 92 valence electrons. The van der Waals surface area contributed by atoms with Gasteiger partial charge in [-0.1, -0.05) is 12.1 Å². The highest BCUT2D eigenvalue weighted by Crippen LogP contribution is 2.38. The Morgan fingerprint density at radius 2 is 2.12 bits per heavy atom. The molecule has 4 heteroatoms. The summed E-state index contributed by atoms with van der Waals surface area (Å²) in [5.74, 6) is -0.882. The minimum Gasteiger partial charge on any atom is -0.343 e. The average Bonchev–Trinajstić information content (AvgIpc) is 2.74. The van der Waals surface area contributed by atoms with E-state index in [4.69, 9.17) is 9.47 Å². The third-order valence-electron chi connectivity index (χ3n) is 3.37. The van der Waals surface area contributed by atoms with Crippen LogP contribution in [0.25, 0.3) is 0 Å². The van der Waals surface area contributed by atoms with Crippen LogP contribution >= 0.6 is 0 Å². The van der Waals surface area contributed by atoms with Gasteiger partial charge in [0.15, 0.2) is 5.79 Å². The quantitative estimate of drug-likeness (QED) is 0.807. The van der Waals surface area contributed by atoms with Crippen LogP contribution in [0.2, 0.25) is 0 Å². The number of halogens is 1. The summed E-state index contributed by atoms with van der Waals surface area (Å²) in [5.41, 5.74) is 0.920. The molecule has 0 aliphatic carbocycles. The van der Waals surface area contributed by atoms with Gasteiger partial charge in [-0.25, -0.2) is 4.39 Å². The summed E-state index contributed by atoms with van der Waals surface area (Å²) in [5, 5.41) is 3.33. The van der Waals surface area contributed by atoms with Crippen LogP contribution in [0.4, 0.5) is 4.39 Å². The standard InChI is InChI=1S/C13H16FNO2/c14-11-4-2-10(3-5-11)13-6-1-7-15-8-12(17-13)9-16-13/h2-5,12,15H,1,6-9H2/t12-,13-/m1/s1. The molecule has 1 aromatic carbocycles. The molecule has 2 heterocycles. The third kappa shape index (κ3) is 2.08. The van der Waals surface area contributed by atoms with Crippen LogP contribution in [0.1, 0.15) is 18.4 Å². The zero-order chi connectivity index (χ0) is 11.7. The van der Waals surface area contributed by atoms with Crippen LogP contribution in [-0.2, 0) is 15.3 Å². The second-order valence-electron chi connectivity index (χ2n) is 4.62. The zero-order valence-corrected chi connectivity index (χ0v) is 9.62. The topological polar surface area (TPSA) is 30.5 Å². The Labute approximate surface area is 99.9 Å². The van der Waals surface area contributed by atoms with Gasteiger partial charge in [-0.3, -0.25) is 0 Å². The molecule has 1 N–H and O–H groups in total. The molecule has 17 heavy (non-hydrogen) atoms. The third-order valence-corrected chi connectivity index (χ3v) is 3.37. The fraction of sp³-hybridized carbons (Fsp3) is 0.538. The molecule has 2 fully saturated rings. The molecule has 0 amide bonds. The summed E-state index contributed by atoms with van der Waals surface area (Å²) in [4.78, 5) is 0. The van der Waals surface area contributed by atoms with Crippen molar-refractivity contribution in [2.45, 2.75) is 24.7 Å². The number of nitrogens with one attached hydrogen (secondary N) is 1. The van der Waals surface area contributed by atoms with Crippen molar-refractivity contribution >= 4 is 0 Å². The summed E-state index contributed by atoms with van der Waals surface area (Å²) < 4.78 is 24.8. The van der Waals surface area contributed by atoms with Gasteiger partial charge in [0.25, 0.3) is 0 Å². The monoisotopic (exact) mass is 237 g/mol. The summed E-state index contributed by atoms with van der Waals surface area (Å²) in [6.07, 6.45) is 1.90. The molecule has 1 aromatic rings. The second kappa shape index (κ2) is 4.37. The van der Waals surface area contributed by atoms with E-state index >= 15 is 0 Å². The summed E-state index contributed by atoms with van der Waals surface area (Å²) in [6.45, 7) is 2.40. The van der Waals surface area contributed by atoms with Crippen molar-refractivity contribution in [3.05, 3.63) is 35.6 Å². The highest BCUT2D eigenvalue weighted by molar-refractivity contribution is 5.22. The Balaban J connectivity index is 1.90. The van der Waals surface area contributed by atoms with E-state index in [2.05, 4.69) is 5.32 Å². The van der Waals surface area contributed by atoms with Gasteiger partial charge in [0.05, 0.1) is 12.7 Å². The highest BCUT2D eigenvalue weighted by atomic mass is 19.1. The molecule has 2 bridgehead atoms. The molecule has 3 rings (SSSR count). The number of ether oxygens (including phenoxy) is 2. The van der Waals surface area contributed by atoms with E-state index in [0.29, 0.717) is 6.61 Å². The molecule has 2 saturated heterocycles. The first-order valence-electron chi connectivity index (χ1n) is 6.07. The number of fused-ring (bicyclic) bond motifs is 2. The van der Waals surface area contributed by atoms with Crippen molar-refractivity contribution in [1.29, 1.82) is 0 Å². The van der Waals surface area contributed by atoms with Gasteiger partial charge in [0.1, 0.15) is 5.82 Å². The molecular weight excluding hydrogens is 221 g/mol. The number of rotatable bonds is 1. The largest absolute Gasteiger partial charge is 0.343 e. The molecule has 0 radical (unpaired) electrons. The van der Waals surface area contributed by atoms with E-state index in [1.54, 1.807) is 12.1 Å². The Kier molecular flexibility index (Phi) is 2.86. The average molecular weight is 237 g/mol. The van der Waals surface area contributed by atoms with Crippen LogP contribution in [0, 0.1) is 5.82 Å². The molecule has 3 nitrogen and oxygen atoms in total. The maximum Gasteiger partial charge on any atom is 0.195 e. The van der Waals surface area contributed by atoms with Crippen LogP contribution in [0.15, 0.2) is 24.3 Å². The van der Waals surface area contributed by atoms with E-state index in [9.17, 15) is 4.39 Å². The Hall–Kier alpha value is -0.970. The number of hydrogen-bond acceptors (Lipinski definition) is 3. The minimum absolute atomic E-state index is 0.0975. The molecule has 2 atom stereocenters. The lowest BCUT2D eigenvalue weighted by Crippen LogP contribution is -2.36. The van der Waals surface area contributed by atoms with Gasteiger partial charge in [-0.15, -0.1) is 0 Å². The van der Waals surface area contributed by atoms with E-state index in [-0.39, 0.29) is 11.9 Å². The maximum atomic E-state index is 12.9. The lowest BCUT2D eigenvalue weighted by Gasteiger charge is -2.30. The molecule has 0 spiro atoms. The predicted molar refractivity (Wildman–Crippen MR) is 61.0 cm³/mol. The van der Waals surface area contributed by atoms with Crippen LogP contribution in [0.3, 0.4) is 0 Å². The first-order valence-corrected chi connectivity index (χ1v) is 6.07. The number of benzene rings is 1. The van der Waals surface area contributed by atoms with Crippen molar-refractivity contribution in [2.75, 3.05) is 19.7 Å². The van der Waals surface area contributed by atoms with Gasteiger partial charge in [0.2, 0.25) is 0 Å². The van der Waals surface area contributed by atoms with Crippen LogP contribution < -0.4 is 5.32 Å². The Morgan fingerprint density at radius 3 is 2.94 bits per heavy atom. The lowest BCUT2D eigenvalue weighted by atomic mass is 10.00. The van der Waals surface area contributed by atoms with Gasteiger partial charge < -0.3 is 14.8 Å². The molecule has 0 saturated carbocycles. The molecule has 0 aromatic heterocycles. The lowest BCUT2D eigenvalue weighted by molar-refractivity contribution is -0.184. The summed E-state index contributed by atoms with van der Waals surface area (Å²) in [6, 6.07) is 6.43. The SMILES string of the molecule is Fc1ccc([C@]23CCCNC[C@H](CO2)O3)cc1. The van der Waals surface area contributed by atoms with E-state index in [0.717, 1.165) is 31.5 Å². The van der Waals surface area contributed by atoms with E-state index < -0.39 is 5.79 Å². The van der Waals surface area contributed by atoms with Crippen molar-refractivity contribution in [2.24, 2.45) is 0 Å². The first kappa shape index (κ1) is 11.1. The fourth-order valence-electron chi connectivity index (χ4n) is 2.51. The highest BCUT2D eigenvalue weighted by Gasteiger charge is 2.43. The van der Waals surface area contributed by atoms with Crippen molar-refractivity contribution in [3.8, 4) is 0 Å². The molecule has 2 aliphatic heterocycles. The van der Waals surface area contributed by atoms with Crippen molar-refractivity contribution in [1.82, 2.24) is 5.32 Å². The Bertz CT molecular complexity index is 395. The van der Waals surface area contributed by atoms with E-state index in [1.807, 2.05) is 0 Å². The molecular formula is C13H16FNO2. The maximum absolute atomic E-state index is 12.9. The number of hydrogen-bond donors (Lipinski definition) is 1. The fourth-order valence-corrected chi connectivity index (χ4v) is 2.51. The van der Waals surface area contributed by atoms with Crippen LogP contribution in [-0.4, -0.2) is 25.8 Å². The summed E-state index contributed by atoms with van der Waals surface area (Å²) >= 11 is 0. The molecule has 0 unspecified atom stereocenters. The van der Waals surface area contributed by atoms with Gasteiger partial charge in [-0.2, -0.15) is 0 Å². The normalized spacial score (nSPS) is 33.1. The minimum atomic E-state index is -0.652. The van der Waals surface area contributed by atoms with Gasteiger partial charge >= 0.3 is 0 Å². The Morgan fingerprint density at radius 1 is 1.29 bits per heavy atom. The van der Waals surface area contributed by atoms with Gasteiger partial charge in [-0.05, 0) is 25.1 Å². The predicted octanol–water partition coefficient (Wildman–Crippen LogP) is 1.78. The summed E-state index contributed by atoms with van der Waals surface area (Å²) in [7, 11) is 0. The smallest absolute Gasteiger partial charge is 0.195 e. The zero-order valence-electron chi connectivity index (χ0n) is 9.62. The van der Waals surface area contributed by atoms with Crippen LogP contribution in [0.5, 0.6) is 0 Å². The van der Waals surface area contributed by atoms with Gasteiger partial charge in [0, 0.05) is 18.5 Å². The van der Waals surface area contributed by atoms with Crippen molar-refractivity contribution < 1.29 is 13.9 Å².